The van der Waals surface area contributed by atoms with Gasteiger partial charge in [0, 0.05) is 25.3 Å². The largest absolute Gasteiger partial charge is 0.444 e. The normalized spacial score (nSPS) is 12.5. The number of oxazole rings is 1. The van der Waals surface area contributed by atoms with Gasteiger partial charge in [0.1, 0.15) is 12.0 Å². The van der Waals surface area contributed by atoms with Crippen molar-refractivity contribution in [1.29, 1.82) is 0 Å². The van der Waals surface area contributed by atoms with Crippen molar-refractivity contribution >= 4 is 29.9 Å². The highest BCUT2D eigenvalue weighted by Crippen LogP contribution is 2.18. The topological polar surface area (TPSA) is 91.9 Å². The van der Waals surface area contributed by atoms with Crippen LogP contribution in [0.1, 0.15) is 26.5 Å². The molecule has 0 radical (unpaired) electrons. The van der Waals surface area contributed by atoms with E-state index in [2.05, 4.69) is 34.5 Å². The van der Waals surface area contributed by atoms with E-state index in [1.807, 2.05) is 37.3 Å². The van der Waals surface area contributed by atoms with Crippen LogP contribution in [0.25, 0.3) is 11.5 Å². The lowest BCUT2D eigenvalue weighted by Crippen LogP contribution is -2.42. The minimum absolute atomic E-state index is 0. The lowest BCUT2D eigenvalue weighted by atomic mass is 10.2. The molecule has 156 valence electrons. The summed E-state index contributed by atoms with van der Waals surface area (Å²) in [6.07, 6.45) is 1.02. The van der Waals surface area contributed by atoms with Gasteiger partial charge in [0.05, 0.1) is 19.3 Å². The van der Waals surface area contributed by atoms with E-state index in [1.165, 1.54) is 0 Å². The van der Waals surface area contributed by atoms with Crippen LogP contribution < -0.4 is 10.6 Å². The number of hydrogen-bond acceptors (Lipinski definition) is 5. The zero-order valence-corrected chi connectivity index (χ0v) is 19.1. The number of benzene rings is 1. The van der Waals surface area contributed by atoms with Crippen LogP contribution >= 0.6 is 24.0 Å². The standard InChI is InChI=1S/C20H30N4O3.HI/c1-4-21-20(23-11-18(25)14-26-12-15(2)3)22-10-17-13-27-19(24-17)16-8-6-5-7-9-16;/h5-9,13,15,18,25H,4,10-12,14H2,1-3H3,(H2,21,22,23);1H. The molecule has 8 heteroatoms. The van der Waals surface area contributed by atoms with Crippen molar-refractivity contribution in [3.63, 3.8) is 0 Å². The summed E-state index contributed by atoms with van der Waals surface area (Å²) in [7, 11) is 0. The number of aliphatic hydroxyl groups is 1. The molecule has 1 atom stereocenters. The van der Waals surface area contributed by atoms with Crippen LogP contribution in [0.2, 0.25) is 0 Å². The van der Waals surface area contributed by atoms with Crippen LogP contribution in [-0.4, -0.2) is 48.5 Å². The molecule has 0 amide bonds. The van der Waals surface area contributed by atoms with E-state index in [-0.39, 0.29) is 24.0 Å². The molecular formula is C20H31IN4O3. The fourth-order valence-corrected chi connectivity index (χ4v) is 2.31. The van der Waals surface area contributed by atoms with E-state index < -0.39 is 6.10 Å². The Labute approximate surface area is 184 Å². The maximum Gasteiger partial charge on any atom is 0.226 e. The van der Waals surface area contributed by atoms with Crippen molar-refractivity contribution in [3.05, 3.63) is 42.3 Å². The number of ether oxygens (including phenoxy) is 1. The Kier molecular flexibility index (Phi) is 11.8. The van der Waals surface area contributed by atoms with Gasteiger partial charge in [-0.3, -0.25) is 0 Å². The highest BCUT2D eigenvalue weighted by atomic mass is 127. The number of aromatic nitrogens is 1. The first-order chi connectivity index (χ1) is 13.1. The van der Waals surface area contributed by atoms with Crippen molar-refractivity contribution in [3.8, 4) is 11.5 Å². The SMILES string of the molecule is CCNC(=NCc1coc(-c2ccccc2)n1)NCC(O)COCC(C)C.I. The zero-order valence-electron chi connectivity index (χ0n) is 16.7. The van der Waals surface area contributed by atoms with E-state index in [4.69, 9.17) is 9.15 Å². The van der Waals surface area contributed by atoms with Crippen molar-refractivity contribution in [2.24, 2.45) is 10.9 Å². The quantitative estimate of drug-likeness (QED) is 0.263. The third kappa shape index (κ3) is 9.03. The molecule has 2 rings (SSSR count). The van der Waals surface area contributed by atoms with Crippen molar-refractivity contribution in [1.82, 2.24) is 15.6 Å². The summed E-state index contributed by atoms with van der Waals surface area (Å²) in [4.78, 5) is 8.96. The molecule has 7 nitrogen and oxygen atoms in total. The molecule has 1 aromatic heterocycles. The molecule has 0 bridgehead atoms. The summed E-state index contributed by atoms with van der Waals surface area (Å²) in [5.74, 6) is 1.65. The first-order valence-corrected chi connectivity index (χ1v) is 9.36. The molecule has 0 aliphatic rings. The van der Waals surface area contributed by atoms with Gasteiger partial charge in [-0.25, -0.2) is 9.98 Å². The van der Waals surface area contributed by atoms with E-state index in [0.29, 0.717) is 44.1 Å². The third-order valence-corrected chi connectivity index (χ3v) is 3.58. The lowest BCUT2D eigenvalue weighted by molar-refractivity contribution is 0.0280. The molecule has 1 aromatic carbocycles. The maximum atomic E-state index is 10.00. The molecule has 0 saturated heterocycles. The molecule has 0 fully saturated rings. The van der Waals surface area contributed by atoms with E-state index in [1.54, 1.807) is 6.26 Å². The molecule has 0 aliphatic heterocycles. The Bertz CT molecular complexity index is 692. The molecule has 0 aliphatic carbocycles. The fraction of sp³-hybridized carbons (Fsp3) is 0.500. The summed E-state index contributed by atoms with van der Waals surface area (Å²) >= 11 is 0. The highest BCUT2D eigenvalue weighted by Gasteiger charge is 2.08. The Hall–Kier alpha value is -1.65. The minimum atomic E-state index is -0.593. The van der Waals surface area contributed by atoms with Crippen molar-refractivity contribution in [2.75, 3.05) is 26.3 Å². The summed E-state index contributed by atoms with van der Waals surface area (Å²) in [6.45, 7) is 8.54. The molecular weight excluding hydrogens is 471 g/mol. The van der Waals surface area contributed by atoms with Gasteiger partial charge < -0.3 is 24.9 Å². The predicted octanol–water partition coefficient (Wildman–Crippen LogP) is 3.05. The number of rotatable bonds is 10. The van der Waals surface area contributed by atoms with Crippen LogP contribution in [0.5, 0.6) is 0 Å². The van der Waals surface area contributed by atoms with Crippen LogP contribution in [0.3, 0.4) is 0 Å². The van der Waals surface area contributed by atoms with Gasteiger partial charge in [0.15, 0.2) is 5.96 Å². The zero-order chi connectivity index (χ0) is 19.5. The number of nitrogens with zero attached hydrogens (tertiary/aromatic N) is 2. The second-order valence-corrected chi connectivity index (χ2v) is 6.67. The van der Waals surface area contributed by atoms with Crippen molar-refractivity contribution < 1.29 is 14.3 Å². The second-order valence-electron chi connectivity index (χ2n) is 6.67. The van der Waals surface area contributed by atoms with E-state index in [0.717, 1.165) is 17.8 Å². The number of guanidine groups is 1. The molecule has 28 heavy (non-hydrogen) atoms. The average Bonchev–Trinajstić information content (AvgIpc) is 3.13. The molecule has 1 unspecified atom stereocenters. The van der Waals surface area contributed by atoms with Gasteiger partial charge in [0.2, 0.25) is 5.89 Å². The Morgan fingerprint density at radius 1 is 1.21 bits per heavy atom. The van der Waals surface area contributed by atoms with Crippen molar-refractivity contribution in [2.45, 2.75) is 33.4 Å². The average molecular weight is 502 g/mol. The predicted molar refractivity (Wildman–Crippen MR) is 122 cm³/mol. The Morgan fingerprint density at radius 3 is 2.64 bits per heavy atom. The van der Waals surface area contributed by atoms with Gasteiger partial charge in [0.25, 0.3) is 0 Å². The number of aliphatic imine (C=N–C) groups is 1. The van der Waals surface area contributed by atoms with Crippen LogP contribution in [0.4, 0.5) is 0 Å². The molecule has 0 spiro atoms. The Morgan fingerprint density at radius 2 is 1.96 bits per heavy atom. The van der Waals surface area contributed by atoms with Crippen LogP contribution in [-0.2, 0) is 11.3 Å². The van der Waals surface area contributed by atoms with Crippen LogP contribution in [0.15, 0.2) is 46.0 Å². The summed E-state index contributed by atoms with van der Waals surface area (Å²) < 4.78 is 11.0. The molecule has 1 heterocycles. The van der Waals surface area contributed by atoms with Gasteiger partial charge in [-0.2, -0.15) is 0 Å². The number of halogens is 1. The summed E-state index contributed by atoms with van der Waals surface area (Å²) in [5, 5.41) is 16.3. The Balaban J connectivity index is 0.00000392. The van der Waals surface area contributed by atoms with E-state index >= 15 is 0 Å². The van der Waals surface area contributed by atoms with Gasteiger partial charge >= 0.3 is 0 Å². The van der Waals surface area contributed by atoms with E-state index in [9.17, 15) is 5.11 Å². The van der Waals surface area contributed by atoms with Gasteiger partial charge in [-0.05, 0) is 25.0 Å². The monoisotopic (exact) mass is 502 g/mol. The smallest absolute Gasteiger partial charge is 0.226 e. The summed E-state index contributed by atoms with van der Waals surface area (Å²) in [5.41, 5.74) is 1.68. The lowest BCUT2D eigenvalue weighted by Gasteiger charge is -2.16. The van der Waals surface area contributed by atoms with Crippen LogP contribution in [0, 0.1) is 5.92 Å². The first-order valence-electron chi connectivity index (χ1n) is 9.36. The number of hydrogen-bond donors (Lipinski definition) is 3. The van der Waals surface area contributed by atoms with Gasteiger partial charge in [-0.1, -0.05) is 32.0 Å². The molecule has 2 aromatic rings. The fourth-order valence-electron chi connectivity index (χ4n) is 2.31. The maximum absolute atomic E-state index is 10.00. The minimum Gasteiger partial charge on any atom is -0.444 e. The summed E-state index contributed by atoms with van der Waals surface area (Å²) in [6, 6.07) is 9.75. The third-order valence-electron chi connectivity index (χ3n) is 3.58. The number of nitrogens with one attached hydrogen (secondary N) is 2. The molecule has 0 saturated carbocycles. The molecule has 3 N–H and O–H groups in total. The number of aliphatic hydroxyl groups excluding tert-OH is 1. The van der Waals surface area contributed by atoms with Gasteiger partial charge in [-0.15, -0.1) is 24.0 Å². The first kappa shape index (κ1) is 24.4. The highest BCUT2D eigenvalue weighted by molar-refractivity contribution is 14.0. The second kappa shape index (κ2) is 13.5.